The van der Waals surface area contributed by atoms with Crippen molar-refractivity contribution in [2.75, 3.05) is 11.9 Å². The van der Waals surface area contributed by atoms with Crippen LogP contribution in [0.5, 0.6) is 0 Å². The van der Waals surface area contributed by atoms with E-state index in [-0.39, 0.29) is 23.3 Å². The zero-order valence-corrected chi connectivity index (χ0v) is 11.6. The lowest BCUT2D eigenvalue weighted by Gasteiger charge is -2.21. The third kappa shape index (κ3) is 3.30. The van der Waals surface area contributed by atoms with Crippen molar-refractivity contribution < 1.29 is 14.7 Å². The fourth-order valence-corrected chi connectivity index (χ4v) is 2.08. The minimum Gasteiger partial charge on any atom is -0.478 e. The molecular formula is C14H15ClN2O3. The summed E-state index contributed by atoms with van der Waals surface area (Å²) in [5.74, 6) is -1.13. The summed E-state index contributed by atoms with van der Waals surface area (Å²) < 4.78 is 0. The van der Waals surface area contributed by atoms with Crippen molar-refractivity contribution >= 4 is 29.3 Å². The van der Waals surface area contributed by atoms with Gasteiger partial charge in [0.2, 0.25) is 0 Å². The van der Waals surface area contributed by atoms with Gasteiger partial charge in [0.1, 0.15) is 0 Å². The maximum absolute atomic E-state index is 12.2. The Morgan fingerprint density at radius 3 is 2.75 bits per heavy atom. The number of halogens is 1. The summed E-state index contributed by atoms with van der Waals surface area (Å²) >= 11 is 5.77. The molecule has 2 rings (SSSR count). The van der Waals surface area contributed by atoms with E-state index in [1.54, 1.807) is 17.0 Å². The Labute approximate surface area is 121 Å². The molecule has 20 heavy (non-hydrogen) atoms. The zero-order valence-electron chi connectivity index (χ0n) is 10.8. The highest BCUT2D eigenvalue weighted by molar-refractivity contribution is 6.31. The first-order valence-corrected chi connectivity index (χ1v) is 6.62. The van der Waals surface area contributed by atoms with Gasteiger partial charge in [-0.2, -0.15) is 0 Å². The molecule has 0 unspecified atom stereocenters. The van der Waals surface area contributed by atoms with Crippen LogP contribution in [0.4, 0.5) is 10.5 Å². The molecule has 0 aromatic heterocycles. The van der Waals surface area contributed by atoms with Crippen molar-refractivity contribution in [1.82, 2.24) is 4.90 Å². The van der Waals surface area contributed by atoms with Gasteiger partial charge in [-0.25, -0.2) is 9.59 Å². The number of aromatic carboxylic acids is 1. The number of carboxylic acid groups (broad SMARTS) is 1. The first kappa shape index (κ1) is 14.4. The fourth-order valence-electron chi connectivity index (χ4n) is 1.91. The Bertz CT molecular complexity index is 555. The van der Waals surface area contributed by atoms with Crippen LogP contribution in [-0.4, -0.2) is 34.6 Å². The second kappa shape index (κ2) is 5.96. The molecular weight excluding hydrogens is 280 g/mol. The molecule has 0 aliphatic heterocycles. The molecule has 2 amide bonds. The number of rotatable bonds is 5. The number of nitrogens with one attached hydrogen (secondary N) is 1. The number of benzene rings is 1. The highest BCUT2D eigenvalue weighted by Crippen LogP contribution is 2.28. The number of urea groups is 1. The standard InChI is InChI=1S/C14H15ClN2O3/c1-2-7-17(10-4-5-10)14(20)16-12-6-3-9(15)8-11(12)13(18)19/h2-3,6,8,10H,1,4-5,7H2,(H,16,20)(H,18,19). The number of carbonyl (C=O) groups is 2. The SMILES string of the molecule is C=CCN(C(=O)Nc1ccc(Cl)cc1C(=O)O)C1CC1. The zero-order chi connectivity index (χ0) is 14.7. The first-order valence-electron chi connectivity index (χ1n) is 6.24. The highest BCUT2D eigenvalue weighted by Gasteiger charge is 2.32. The van der Waals surface area contributed by atoms with Gasteiger partial charge in [0.15, 0.2) is 0 Å². The maximum atomic E-state index is 12.2. The van der Waals surface area contributed by atoms with E-state index in [1.165, 1.54) is 12.1 Å². The van der Waals surface area contributed by atoms with Gasteiger partial charge in [0.05, 0.1) is 11.3 Å². The summed E-state index contributed by atoms with van der Waals surface area (Å²) in [7, 11) is 0. The predicted molar refractivity (Wildman–Crippen MR) is 77.4 cm³/mol. The average molecular weight is 295 g/mol. The minimum absolute atomic E-state index is 0.0276. The van der Waals surface area contributed by atoms with E-state index >= 15 is 0 Å². The molecule has 6 heteroatoms. The molecule has 1 aromatic carbocycles. The van der Waals surface area contributed by atoms with E-state index in [9.17, 15) is 9.59 Å². The molecule has 0 spiro atoms. The van der Waals surface area contributed by atoms with Gasteiger partial charge in [0, 0.05) is 17.6 Å². The number of carbonyl (C=O) groups excluding carboxylic acids is 1. The van der Waals surface area contributed by atoms with Crippen molar-refractivity contribution in [2.24, 2.45) is 0 Å². The van der Waals surface area contributed by atoms with E-state index in [0.29, 0.717) is 11.6 Å². The van der Waals surface area contributed by atoms with E-state index in [0.717, 1.165) is 12.8 Å². The van der Waals surface area contributed by atoms with Crippen molar-refractivity contribution in [1.29, 1.82) is 0 Å². The molecule has 1 aliphatic rings. The Balaban J connectivity index is 2.18. The molecule has 1 fully saturated rings. The Hall–Kier alpha value is -2.01. The lowest BCUT2D eigenvalue weighted by Crippen LogP contribution is -2.37. The summed E-state index contributed by atoms with van der Waals surface area (Å²) in [5.41, 5.74) is 0.210. The van der Waals surface area contributed by atoms with E-state index in [1.807, 2.05) is 0 Å². The average Bonchev–Trinajstić information content (AvgIpc) is 3.22. The lowest BCUT2D eigenvalue weighted by atomic mass is 10.2. The quantitative estimate of drug-likeness (QED) is 0.819. The third-order valence-corrected chi connectivity index (χ3v) is 3.26. The third-order valence-electron chi connectivity index (χ3n) is 3.03. The van der Waals surface area contributed by atoms with Gasteiger partial charge < -0.3 is 15.3 Å². The topological polar surface area (TPSA) is 69.6 Å². The Morgan fingerprint density at radius 2 is 2.20 bits per heavy atom. The number of carboxylic acids is 1. The van der Waals surface area contributed by atoms with Crippen LogP contribution in [0.2, 0.25) is 5.02 Å². The van der Waals surface area contributed by atoms with Gasteiger partial charge in [-0.1, -0.05) is 17.7 Å². The van der Waals surface area contributed by atoms with E-state index < -0.39 is 5.97 Å². The van der Waals surface area contributed by atoms with Crippen LogP contribution in [0.25, 0.3) is 0 Å². The molecule has 0 heterocycles. The van der Waals surface area contributed by atoms with Crippen molar-refractivity contribution in [3.8, 4) is 0 Å². The van der Waals surface area contributed by atoms with Crippen LogP contribution in [0.1, 0.15) is 23.2 Å². The van der Waals surface area contributed by atoms with Crippen LogP contribution < -0.4 is 5.32 Å². The highest BCUT2D eigenvalue weighted by atomic mass is 35.5. The second-order valence-electron chi connectivity index (χ2n) is 4.60. The number of anilines is 1. The Kier molecular flexibility index (Phi) is 4.29. The molecule has 0 atom stereocenters. The number of nitrogens with zero attached hydrogens (tertiary/aromatic N) is 1. The fraction of sp³-hybridized carbons (Fsp3) is 0.286. The van der Waals surface area contributed by atoms with E-state index in [2.05, 4.69) is 11.9 Å². The normalized spacial score (nSPS) is 13.7. The molecule has 1 aliphatic carbocycles. The molecule has 0 radical (unpaired) electrons. The van der Waals surface area contributed by atoms with Crippen LogP contribution in [0.3, 0.4) is 0 Å². The monoisotopic (exact) mass is 294 g/mol. The number of amides is 2. The van der Waals surface area contributed by atoms with E-state index in [4.69, 9.17) is 16.7 Å². The summed E-state index contributed by atoms with van der Waals surface area (Å²) in [6.07, 6.45) is 3.58. The number of hydrogen-bond donors (Lipinski definition) is 2. The molecule has 106 valence electrons. The molecule has 0 bridgehead atoms. The van der Waals surface area contributed by atoms with Crippen molar-refractivity contribution in [3.63, 3.8) is 0 Å². The molecule has 1 saturated carbocycles. The van der Waals surface area contributed by atoms with Crippen molar-refractivity contribution in [3.05, 3.63) is 41.4 Å². The largest absolute Gasteiger partial charge is 0.478 e. The molecule has 0 saturated heterocycles. The van der Waals surface area contributed by atoms with Crippen LogP contribution in [0.15, 0.2) is 30.9 Å². The van der Waals surface area contributed by atoms with Gasteiger partial charge in [-0.15, -0.1) is 6.58 Å². The number of hydrogen-bond acceptors (Lipinski definition) is 2. The summed E-state index contributed by atoms with van der Waals surface area (Å²) in [5, 5.41) is 12.1. The van der Waals surface area contributed by atoms with Crippen molar-refractivity contribution in [2.45, 2.75) is 18.9 Å². The van der Waals surface area contributed by atoms with Gasteiger partial charge in [0.25, 0.3) is 0 Å². The van der Waals surface area contributed by atoms with Gasteiger partial charge >= 0.3 is 12.0 Å². The molecule has 5 nitrogen and oxygen atoms in total. The second-order valence-corrected chi connectivity index (χ2v) is 5.03. The van der Waals surface area contributed by atoms with Crippen LogP contribution in [-0.2, 0) is 0 Å². The van der Waals surface area contributed by atoms with Crippen LogP contribution >= 0.6 is 11.6 Å². The first-order chi connectivity index (χ1) is 9.52. The smallest absolute Gasteiger partial charge is 0.337 e. The summed E-state index contributed by atoms with van der Waals surface area (Å²) in [6, 6.07) is 4.24. The summed E-state index contributed by atoms with van der Waals surface area (Å²) in [4.78, 5) is 25.0. The summed E-state index contributed by atoms with van der Waals surface area (Å²) in [6.45, 7) is 4.06. The molecule has 2 N–H and O–H groups in total. The van der Waals surface area contributed by atoms with Crippen LogP contribution in [0, 0.1) is 0 Å². The minimum atomic E-state index is -1.13. The molecule has 1 aromatic rings. The van der Waals surface area contributed by atoms with Gasteiger partial charge in [-0.05, 0) is 31.0 Å². The van der Waals surface area contributed by atoms with Gasteiger partial charge in [-0.3, -0.25) is 0 Å². The lowest BCUT2D eigenvalue weighted by molar-refractivity contribution is 0.0698. The maximum Gasteiger partial charge on any atom is 0.337 e. The Morgan fingerprint density at radius 1 is 1.50 bits per heavy atom. The predicted octanol–water partition coefficient (Wildman–Crippen LogP) is 3.22.